The highest BCUT2D eigenvalue weighted by molar-refractivity contribution is 5.85. The Morgan fingerprint density at radius 2 is 1.18 bits per heavy atom. The van der Waals surface area contributed by atoms with Crippen molar-refractivity contribution in [1.82, 2.24) is 30.2 Å². The van der Waals surface area contributed by atoms with E-state index in [1.165, 1.54) is 0 Å². The number of benzene rings is 1. The fourth-order valence-corrected chi connectivity index (χ4v) is 1.65. The molecule has 0 atom stereocenters. The van der Waals surface area contributed by atoms with Gasteiger partial charge in [0.2, 0.25) is 22.6 Å². The molecule has 80 valence electrons. The summed E-state index contributed by atoms with van der Waals surface area (Å²) in [7, 11) is 0. The number of rotatable bonds is 0. The second-order valence-electron chi connectivity index (χ2n) is 3.49. The van der Waals surface area contributed by atoms with Crippen LogP contribution < -0.4 is 0 Å². The molecule has 0 fully saturated rings. The summed E-state index contributed by atoms with van der Waals surface area (Å²) in [5.74, 6) is 0. The maximum Gasteiger partial charge on any atom is 0.245 e. The number of hydrogen-bond acceptors (Lipinski definition) is 7. The molecule has 0 bridgehead atoms. The van der Waals surface area contributed by atoms with Gasteiger partial charge in [-0.1, -0.05) is 12.1 Å². The lowest BCUT2D eigenvalue weighted by atomic mass is 10.3. The minimum absolute atomic E-state index is 0.335. The minimum atomic E-state index is 0.335. The Morgan fingerprint density at radius 3 is 1.71 bits per heavy atom. The van der Waals surface area contributed by atoms with E-state index in [2.05, 4.69) is 34.9 Å². The summed E-state index contributed by atoms with van der Waals surface area (Å²) >= 11 is 0. The lowest BCUT2D eigenvalue weighted by molar-refractivity contribution is 0.314. The van der Waals surface area contributed by atoms with Crippen molar-refractivity contribution in [3.05, 3.63) is 24.3 Å². The zero-order valence-corrected chi connectivity index (χ0v) is 8.40. The van der Waals surface area contributed by atoms with Crippen LogP contribution in [0.2, 0.25) is 0 Å². The first-order chi connectivity index (χ1) is 8.40. The molecule has 7 nitrogen and oxygen atoms in total. The van der Waals surface area contributed by atoms with E-state index in [4.69, 9.17) is 0 Å². The first kappa shape index (κ1) is 8.45. The average Bonchev–Trinajstić information content (AvgIpc) is 2.80. The van der Waals surface area contributed by atoms with Crippen LogP contribution in [0.4, 0.5) is 0 Å². The molecule has 3 heterocycles. The van der Waals surface area contributed by atoms with Crippen molar-refractivity contribution < 1.29 is 4.63 Å². The van der Waals surface area contributed by atoms with Gasteiger partial charge >= 0.3 is 0 Å². The van der Waals surface area contributed by atoms with Crippen LogP contribution in [0, 0.1) is 0 Å². The Balaban J connectivity index is 2.23. The zero-order chi connectivity index (χ0) is 11.2. The largest absolute Gasteiger partial charge is 0.245 e. The fourth-order valence-electron chi connectivity index (χ4n) is 1.65. The SMILES string of the molecule is c1ccc2nc3nc4nonc4nc3nc2c1. The lowest BCUT2D eigenvalue weighted by Gasteiger charge is -1.97. The van der Waals surface area contributed by atoms with Crippen molar-refractivity contribution in [1.29, 1.82) is 0 Å². The molecule has 3 aromatic heterocycles. The van der Waals surface area contributed by atoms with Gasteiger partial charge in [-0.2, -0.15) is 9.97 Å². The molecule has 4 rings (SSSR count). The van der Waals surface area contributed by atoms with Gasteiger partial charge in [-0.15, -0.1) is 0 Å². The van der Waals surface area contributed by atoms with Crippen LogP contribution in [0.25, 0.3) is 33.6 Å². The summed E-state index contributed by atoms with van der Waals surface area (Å²) in [6, 6.07) is 7.53. The third-order valence-electron chi connectivity index (χ3n) is 2.41. The molecular weight excluding hydrogens is 220 g/mol. The molecule has 0 saturated heterocycles. The molecule has 17 heavy (non-hydrogen) atoms. The molecule has 0 radical (unpaired) electrons. The van der Waals surface area contributed by atoms with Crippen molar-refractivity contribution in [2.75, 3.05) is 0 Å². The third-order valence-corrected chi connectivity index (χ3v) is 2.41. The maximum atomic E-state index is 4.55. The van der Waals surface area contributed by atoms with Crippen molar-refractivity contribution in [2.45, 2.75) is 0 Å². The second kappa shape index (κ2) is 2.91. The average molecular weight is 224 g/mol. The van der Waals surface area contributed by atoms with E-state index in [1.807, 2.05) is 24.3 Å². The molecule has 0 saturated carbocycles. The summed E-state index contributed by atoms with van der Waals surface area (Å²) in [6.07, 6.45) is 0. The molecule has 7 heteroatoms. The molecule has 1 aromatic carbocycles. The lowest BCUT2D eigenvalue weighted by Crippen LogP contribution is -1.93. The number of aromatic nitrogens is 6. The standard InChI is InChI=1S/C10H4N6O/c1-2-4-6-5(3-1)11-7-8(12-6)14-10-9(13-7)15-17-16-10/h1-4H. The Morgan fingerprint density at radius 1 is 0.647 bits per heavy atom. The quantitative estimate of drug-likeness (QED) is 0.413. The first-order valence-electron chi connectivity index (χ1n) is 4.93. The van der Waals surface area contributed by atoms with Gasteiger partial charge in [0, 0.05) is 0 Å². The first-order valence-corrected chi connectivity index (χ1v) is 4.93. The van der Waals surface area contributed by atoms with Crippen LogP contribution >= 0.6 is 0 Å². The molecule has 4 aromatic rings. The van der Waals surface area contributed by atoms with Gasteiger partial charge in [0.05, 0.1) is 11.0 Å². The summed E-state index contributed by atoms with van der Waals surface area (Å²) in [5, 5.41) is 7.24. The summed E-state index contributed by atoms with van der Waals surface area (Å²) in [5.41, 5.74) is 3.08. The van der Waals surface area contributed by atoms with Crippen LogP contribution in [0.3, 0.4) is 0 Å². The van der Waals surface area contributed by atoms with E-state index in [0.717, 1.165) is 11.0 Å². The Bertz CT molecular complexity index is 786. The van der Waals surface area contributed by atoms with Crippen molar-refractivity contribution >= 4 is 33.6 Å². The van der Waals surface area contributed by atoms with Crippen LogP contribution in [0.5, 0.6) is 0 Å². The van der Waals surface area contributed by atoms with Gasteiger partial charge in [0.1, 0.15) is 0 Å². The van der Waals surface area contributed by atoms with Crippen LogP contribution in [-0.2, 0) is 0 Å². The van der Waals surface area contributed by atoms with E-state index < -0.39 is 0 Å². The molecule has 0 amide bonds. The van der Waals surface area contributed by atoms with Gasteiger partial charge in [-0.25, -0.2) is 14.6 Å². The highest BCUT2D eigenvalue weighted by Crippen LogP contribution is 2.14. The molecule has 0 spiro atoms. The fraction of sp³-hybridized carbons (Fsp3) is 0. The smallest absolute Gasteiger partial charge is 0.240 e. The van der Waals surface area contributed by atoms with Gasteiger partial charge in [-0.05, 0) is 22.4 Å². The maximum absolute atomic E-state index is 4.55. The minimum Gasteiger partial charge on any atom is -0.240 e. The van der Waals surface area contributed by atoms with Gasteiger partial charge in [-0.3, -0.25) is 0 Å². The van der Waals surface area contributed by atoms with E-state index >= 15 is 0 Å². The van der Waals surface area contributed by atoms with Crippen molar-refractivity contribution in [2.24, 2.45) is 0 Å². The molecule has 0 aliphatic carbocycles. The Kier molecular flexibility index (Phi) is 1.45. The highest BCUT2D eigenvalue weighted by atomic mass is 16.6. The Labute approximate surface area is 93.5 Å². The van der Waals surface area contributed by atoms with E-state index in [-0.39, 0.29) is 0 Å². The van der Waals surface area contributed by atoms with E-state index in [1.54, 1.807) is 0 Å². The number of nitrogens with zero attached hydrogens (tertiary/aromatic N) is 6. The zero-order valence-electron chi connectivity index (χ0n) is 8.40. The predicted octanol–water partition coefficient (Wildman–Crippen LogP) is 1.11. The summed E-state index contributed by atoms with van der Waals surface area (Å²) in [6.45, 7) is 0. The van der Waals surface area contributed by atoms with Crippen molar-refractivity contribution in [3.8, 4) is 0 Å². The molecule has 0 aliphatic heterocycles. The van der Waals surface area contributed by atoms with Crippen molar-refractivity contribution in [3.63, 3.8) is 0 Å². The highest BCUT2D eigenvalue weighted by Gasteiger charge is 2.09. The Hall–Kier alpha value is -2.70. The van der Waals surface area contributed by atoms with E-state index in [9.17, 15) is 0 Å². The van der Waals surface area contributed by atoms with Gasteiger partial charge in [0.15, 0.2) is 0 Å². The van der Waals surface area contributed by atoms with Crippen LogP contribution in [0.15, 0.2) is 28.9 Å². The summed E-state index contributed by atoms with van der Waals surface area (Å²) < 4.78 is 4.55. The van der Waals surface area contributed by atoms with Crippen LogP contribution in [0.1, 0.15) is 0 Å². The normalized spacial score (nSPS) is 11.5. The number of hydrogen-bond donors (Lipinski definition) is 0. The second-order valence-corrected chi connectivity index (χ2v) is 3.49. The number of para-hydroxylation sites is 2. The monoisotopic (exact) mass is 224 g/mol. The van der Waals surface area contributed by atoms with Gasteiger partial charge < -0.3 is 0 Å². The summed E-state index contributed by atoms with van der Waals surface area (Å²) in [4.78, 5) is 17.1. The molecule has 0 unspecified atom stereocenters. The molecule has 0 aliphatic rings. The van der Waals surface area contributed by atoms with Gasteiger partial charge in [0.25, 0.3) is 0 Å². The third kappa shape index (κ3) is 1.16. The van der Waals surface area contributed by atoms with E-state index in [0.29, 0.717) is 22.6 Å². The topological polar surface area (TPSA) is 90.5 Å². The molecular formula is C10H4N6O. The van der Waals surface area contributed by atoms with Crippen LogP contribution in [-0.4, -0.2) is 30.2 Å². The number of fused-ring (bicyclic) bond motifs is 3. The molecule has 0 N–H and O–H groups in total. The predicted molar refractivity (Wildman–Crippen MR) is 58.0 cm³/mol.